The molecule has 2 rings (SSSR count). The number of aromatic nitrogens is 1. The molecular weight excluding hydrogens is 202 g/mol. The lowest BCUT2D eigenvalue weighted by Gasteiger charge is -2.36. The summed E-state index contributed by atoms with van der Waals surface area (Å²) in [7, 11) is 1.75. The van der Waals surface area contributed by atoms with E-state index >= 15 is 0 Å². The number of anilines is 2. The van der Waals surface area contributed by atoms with Crippen LogP contribution in [0.2, 0.25) is 0 Å². The Bertz CT molecular complexity index is 324. The molecule has 1 fully saturated rings. The average molecular weight is 221 g/mol. The van der Waals surface area contributed by atoms with Crippen molar-refractivity contribution in [3.8, 4) is 0 Å². The van der Waals surface area contributed by atoms with E-state index in [2.05, 4.69) is 9.88 Å². The van der Waals surface area contributed by atoms with Crippen molar-refractivity contribution >= 4 is 11.5 Å². The molecule has 0 aromatic carbocycles. The molecule has 1 aliphatic heterocycles. The zero-order chi connectivity index (χ0) is 11.4. The SMILES string of the molecule is COCC1CCCCN1c1ccc(N)cn1. The minimum Gasteiger partial charge on any atom is -0.397 e. The van der Waals surface area contributed by atoms with Crippen molar-refractivity contribution in [2.45, 2.75) is 25.3 Å². The molecule has 0 spiro atoms. The van der Waals surface area contributed by atoms with Crippen LogP contribution in [-0.2, 0) is 4.74 Å². The molecule has 4 heteroatoms. The fourth-order valence-electron chi connectivity index (χ4n) is 2.24. The van der Waals surface area contributed by atoms with Gasteiger partial charge in [-0.15, -0.1) is 0 Å². The number of piperidine rings is 1. The van der Waals surface area contributed by atoms with Crippen molar-refractivity contribution in [2.24, 2.45) is 0 Å². The molecular formula is C12H19N3O. The lowest BCUT2D eigenvalue weighted by atomic mass is 10.0. The van der Waals surface area contributed by atoms with Gasteiger partial charge in [-0.2, -0.15) is 0 Å². The summed E-state index contributed by atoms with van der Waals surface area (Å²) in [5.41, 5.74) is 6.36. The summed E-state index contributed by atoms with van der Waals surface area (Å²) in [5.74, 6) is 1.01. The Kier molecular flexibility index (Phi) is 3.62. The molecule has 16 heavy (non-hydrogen) atoms. The van der Waals surface area contributed by atoms with Crippen LogP contribution in [0.3, 0.4) is 0 Å². The first kappa shape index (κ1) is 11.2. The third kappa shape index (κ3) is 2.44. The predicted octanol–water partition coefficient (Wildman–Crippen LogP) is 1.67. The van der Waals surface area contributed by atoms with E-state index in [-0.39, 0.29) is 0 Å². The van der Waals surface area contributed by atoms with Gasteiger partial charge in [0.15, 0.2) is 0 Å². The van der Waals surface area contributed by atoms with Gasteiger partial charge >= 0.3 is 0 Å². The molecule has 1 aliphatic rings. The van der Waals surface area contributed by atoms with Crippen LogP contribution < -0.4 is 10.6 Å². The first-order valence-electron chi connectivity index (χ1n) is 5.78. The smallest absolute Gasteiger partial charge is 0.128 e. The fraction of sp³-hybridized carbons (Fsp3) is 0.583. The van der Waals surface area contributed by atoms with E-state index in [4.69, 9.17) is 10.5 Å². The second kappa shape index (κ2) is 5.16. The van der Waals surface area contributed by atoms with Gasteiger partial charge < -0.3 is 15.4 Å². The van der Waals surface area contributed by atoms with Crippen molar-refractivity contribution in [3.63, 3.8) is 0 Å². The predicted molar refractivity (Wildman–Crippen MR) is 65.5 cm³/mol. The van der Waals surface area contributed by atoms with Gasteiger partial charge in [-0.05, 0) is 31.4 Å². The molecule has 0 bridgehead atoms. The van der Waals surface area contributed by atoms with E-state index in [1.165, 1.54) is 19.3 Å². The molecule has 1 aromatic heterocycles. The van der Waals surface area contributed by atoms with Gasteiger partial charge in [0, 0.05) is 13.7 Å². The first-order valence-corrected chi connectivity index (χ1v) is 5.78. The Morgan fingerprint density at radius 1 is 1.50 bits per heavy atom. The van der Waals surface area contributed by atoms with Crippen LogP contribution in [0.4, 0.5) is 11.5 Å². The van der Waals surface area contributed by atoms with Gasteiger partial charge in [0.1, 0.15) is 5.82 Å². The van der Waals surface area contributed by atoms with E-state index in [0.29, 0.717) is 11.7 Å². The van der Waals surface area contributed by atoms with Crippen LogP contribution >= 0.6 is 0 Å². The summed E-state index contributed by atoms with van der Waals surface area (Å²) in [6.07, 6.45) is 5.40. The topological polar surface area (TPSA) is 51.4 Å². The van der Waals surface area contributed by atoms with E-state index < -0.39 is 0 Å². The highest BCUT2D eigenvalue weighted by Gasteiger charge is 2.23. The zero-order valence-corrected chi connectivity index (χ0v) is 9.72. The van der Waals surface area contributed by atoms with Gasteiger partial charge in [0.2, 0.25) is 0 Å². The third-order valence-electron chi connectivity index (χ3n) is 3.05. The minimum absolute atomic E-state index is 0.454. The van der Waals surface area contributed by atoms with Crippen molar-refractivity contribution in [2.75, 3.05) is 30.9 Å². The van der Waals surface area contributed by atoms with E-state index in [0.717, 1.165) is 19.0 Å². The number of pyridine rings is 1. The average Bonchev–Trinajstić information content (AvgIpc) is 2.32. The quantitative estimate of drug-likeness (QED) is 0.843. The number of hydrogen-bond donors (Lipinski definition) is 1. The molecule has 2 heterocycles. The number of nitrogens with zero attached hydrogens (tertiary/aromatic N) is 2. The summed E-state index contributed by atoms with van der Waals surface area (Å²) in [4.78, 5) is 6.71. The fourth-order valence-corrected chi connectivity index (χ4v) is 2.24. The lowest BCUT2D eigenvalue weighted by Crippen LogP contribution is -2.42. The Balaban J connectivity index is 2.13. The molecule has 0 aliphatic carbocycles. The highest BCUT2D eigenvalue weighted by molar-refractivity contribution is 5.46. The van der Waals surface area contributed by atoms with Crippen molar-refractivity contribution in [1.82, 2.24) is 4.98 Å². The maximum atomic E-state index is 5.64. The molecule has 4 nitrogen and oxygen atoms in total. The van der Waals surface area contributed by atoms with Crippen molar-refractivity contribution < 1.29 is 4.74 Å². The lowest BCUT2D eigenvalue weighted by molar-refractivity contribution is 0.166. The van der Waals surface area contributed by atoms with Gasteiger partial charge in [-0.25, -0.2) is 4.98 Å². The molecule has 1 unspecified atom stereocenters. The Morgan fingerprint density at radius 3 is 3.06 bits per heavy atom. The number of methoxy groups -OCH3 is 1. The normalized spacial score (nSPS) is 21.1. The van der Waals surface area contributed by atoms with E-state index in [9.17, 15) is 0 Å². The van der Waals surface area contributed by atoms with Crippen LogP contribution in [0.5, 0.6) is 0 Å². The molecule has 88 valence electrons. The van der Waals surface area contributed by atoms with Gasteiger partial charge in [-0.3, -0.25) is 0 Å². The standard InChI is InChI=1S/C12H19N3O/c1-16-9-11-4-2-3-7-15(11)12-6-5-10(13)8-14-12/h5-6,8,11H,2-4,7,9,13H2,1H3. The third-order valence-corrected chi connectivity index (χ3v) is 3.05. The number of nitrogens with two attached hydrogens (primary N) is 1. The highest BCUT2D eigenvalue weighted by atomic mass is 16.5. The van der Waals surface area contributed by atoms with Crippen LogP contribution in [-0.4, -0.2) is 31.3 Å². The van der Waals surface area contributed by atoms with Crippen LogP contribution in [0, 0.1) is 0 Å². The molecule has 1 aromatic rings. The summed E-state index contributed by atoms with van der Waals surface area (Å²) in [5, 5.41) is 0. The van der Waals surface area contributed by atoms with Crippen LogP contribution in [0.1, 0.15) is 19.3 Å². The summed E-state index contributed by atoms with van der Waals surface area (Å²) in [6.45, 7) is 1.83. The Morgan fingerprint density at radius 2 is 2.38 bits per heavy atom. The highest BCUT2D eigenvalue weighted by Crippen LogP contribution is 2.23. The largest absolute Gasteiger partial charge is 0.397 e. The van der Waals surface area contributed by atoms with Crippen LogP contribution in [0.25, 0.3) is 0 Å². The molecule has 0 saturated carbocycles. The van der Waals surface area contributed by atoms with Gasteiger partial charge in [0.05, 0.1) is 24.5 Å². The van der Waals surface area contributed by atoms with Crippen molar-refractivity contribution in [3.05, 3.63) is 18.3 Å². The number of hydrogen-bond acceptors (Lipinski definition) is 4. The summed E-state index contributed by atoms with van der Waals surface area (Å²) >= 11 is 0. The van der Waals surface area contributed by atoms with E-state index in [1.807, 2.05) is 12.1 Å². The zero-order valence-electron chi connectivity index (χ0n) is 9.72. The van der Waals surface area contributed by atoms with Crippen LogP contribution in [0.15, 0.2) is 18.3 Å². The second-order valence-corrected chi connectivity index (χ2v) is 4.25. The number of rotatable bonds is 3. The maximum absolute atomic E-state index is 5.64. The Labute approximate surface area is 96.4 Å². The van der Waals surface area contributed by atoms with Crippen molar-refractivity contribution in [1.29, 1.82) is 0 Å². The van der Waals surface area contributed by atoms with E-state index in [1.54, 1.807) is 13.3 Å². The summed E-state index contributed by atoms with van der Waals surface area (Å²) < 4.78 is 5.26. The maximum Gasteiger partial charge on any atom is 0.128 e. The monoisotopic (exact) mass is 221 g/mol. The van der Waals surface area contributed by atoms with Gasteiger partial charge in [-0.1, -0.05) is 0 Å². The van der Waals surface area contributed by atoms with Gasteiger partial charge in [0.25, 0.3) is 0 Å². The number of ether oxygens (including phenoxy) is 1. The molecule has 1 atom stereocenters. The molecule has 0 amide bonds. The molecule has 2 N–H and O–H groups in total. The molecule has 1 saturated heterocycles. The second-order valence-electron chi connectivity index (χ2n) is 4.25. The Hall–Kier alpha value is -1.29. The minimum atomic E-state index is 0.454. The molecule has 0 radical (unpaired) electrons. The summed E-state index contributed by atoms with van der Waals surface area (Å²) in [6, 6.07) is 4.35. The first-order chi connectivity index (χ1) is 7.81. The number of nitrogen functional groups attached to an aromatic ring is 1.